The minimum absolute atomic E-state index is 0.246. The van der Waals surface area contributed by atoms with Gasteiger partial charge in [-0.25, -0.2) is 4.98 Å². The molecule has 0 atom stereocenters. The number of nitrogens with one attached hydrogen (secondary N) is 1. The number of nitrogens with two attached hydrogens (primary N) is 1. The van der Waals surface area contributed by atoms with Crippen molar-refractivity contribution < 1.29 is 9.59 Å². The second-order valence-corrected chi connectivity index (χ2v) is 6.62. The van der Waals surface area contributed by atoms with Crippen molar-refractivity contribution in [3.63, 3.8) is 0 Å². The Morgan fingerprint density at radius 1 is 1.21 bits per heavy atom. The fraction of sp³-hybridized carbons (Fsp3) is 0.167. The zero-order valence-corrected chi connectivity index (χ0v) is 14.2. The molecule has 0 radical (unpaired) electrons. The molecule has 0 bridgehead atoms. The van der Waals surface area contributed by atoms with Crippen molar-refractivity contribution in [3.05, 3.63) is 52.5 Å². The van der Waals surface area contributed by atoms with Crippen LogP contribution >= 0.6 is 11.3 Å². The van der Waals surface area contributed by atoms with Crippen LogP contribution in [0.3, 0.4) is 0 Å². The Kier molecular flexibility index (Phi) is 4.31. The molecule has 0 aliphatic heterocycles. The van der Waals surface area contributed by atoms with Gasteiger partial charge in [0.2, 0.25) is 5.91 Å². The Hall–Kier alpha value is -2.73. The molecule has 122 valence electrons. The SMILES string of the molecule is Cc1cc(C)c2c(N)c(C(=O)CC(=O)Nc3ccccc3)sc2n1. The predicted octanol–water partition coefficient (Wildman–Crippen LogP) is 3.71. The zero-order chi connectivity index (χ0) is 17.3. The van der Waals surface area contributed by atoms with Crippen molar-refractivity contribution in [1.82, 2.24) is 4.98 Å². The standard InChI is InChI=1S/C18H17N3O2S/c1-10-8-11(2)20-18-15(10)16(19)17(24-18)13(22)9-14(23)21-12-6-4-3-5-7-12/h3-8H,9,19H2,1-2H3,(H,21,23). The van der Waals surface area contributed by atoms with Gasteiger partial charge in [-0.1, -0.05) is 18.2 Å². The van der Waals surface area contributed by atoms with Gasteiger partial charge in [-0.05, 0) is 37.6 Å². The maximum absolute atomic E-state index is 12.5. The highest BCUT2D eigenvalue weighted by molar-refractivity contribution is 7.21. The van der Waals surface area contributed by atoms with Crippen LogP contribution in [-0.4, -0.2) is 16.7 Å². The molecule has 1 amide bonds. The minimum atomic E-state index is -0.357. The van der Waals surface area contributed by atoms with Crippen molar-refractivity contribution in [2.24, 2.45) is 0 Å². The van der Waals surface area contributed by atoms with E-state index in [1.54, 1.807) is 12.1 Å². The number of aryl methyl sites for hydroxylation is 2. The summed E-state index contributed by atoms with van der Waals surface area (Å²) in [5.41, 5.74) is 9.07. The molecule has 0 fully saturated rings. The minimum Gasteiger partial charge on any atom is -0.397 e. The highest BCUT2D eigenvalue weighted by Crippen LogP contribution is 2.35. The van der Waals surface area contributed by atoms with Crippen molar-refractivity contribution in [2.75, 3.05) is 11.1 Å². The summed E-state index contributed by atoms with van der Waals surface area (Å²) in [4.78, 5) is 30.1. The normalized spacial score (nSPS) is 10.8. The molecule has 2 aromatic heterocycles. The van der Waals surface area contributed by atoms with Crippen LogP contribution in [0.15, 0.2) is 36.4 Å². The summed E-state index contributed by atoms with van der Waals surface area (Å²) in [6.07, 6.45) is -0.246. The molecular formula is C18H17N3O2S. The summed E-state index contributed by atoms with van der Waals surface area (Å²) in [5, 5.41) is 3.51. The average Bonchev–Trinajstić information content (AvgIpc) is 2.85. The lowest BCUT2D eigenvalue weighted by molar-refractivity contribution is -0.115. The zero-order valence-electron chi connectivity index (χ0n) is 13.4. The van der Waals surface area contributed by atoms with Gasteiger partial charge in [0.1, 0.15) is 4.83 Å². The molecule has 5 nitrogen and oxygen atoms in total. The van der Waals surface area contributed by atoms with E-state index in [1.807, 2.05) is 38.1 Å². The number of hydrogen-bond acceptors (Lipinski definition) is 5. The van der Waals surface area contributed by atoms with E-state index in [9.17, 15) is 9.59 Å². The number of carbonyl (C=O) groups is 2. The van der Waals surface area contributed by atoms with E-state index in [1.165, 1.54) is 11.3 Å². The average molecular weight is 339 g/mol. The first-order valence-corrected chi connectivity index (χ1v) is 8.31. The lowest BCUT2D eigenvalue weighted by Crippen LogP contribution is -2.16. The van der Waals surface area contributed by atoms with Gasteiger partial charge in [0.25, 0.3) is 0 Å². The second kappa shape index (κ2) is 6.41. The smallest absolute Gasteiger partial charge is 0.232 e. The van der Waals surface area contributed by atoms with Gasteiger partial charge in [-0.2, -0.15) is 0 Å². The van der Waals surface area contributed by atoms with Crippen LogP contribution in [0.4, 0.5) is 11.4 Å². The fourth-order valence-electron chi connectivity index (χ4n) is 2.63. The highest BCUT2D eigenvalue weighted by Gasteiger charge is 2.21. The number of rotatable bonds is 4. The number of Topliss-reactive ketones (excluding diaryl/α,β-unsaturated/α-hetero) is 1. The number of aromatic nitrogens is 1. The van der Waals surface area contributed by atoms with Gasteiger partial charge in [0.05, 0.1) is 17.0 Å². The van der Waals surface area contributed by atoms with Crippen molar-refractivity contribution in [3.8, 4) is 0 Å². The van der Waals surface area contributed by atoms with E-state index in [0.717, 1.165) is 21.5 Å². The molecule has 2 heterocycles. The molecule has 3 aromatic rings. The summed E-state index contributed by atoms with van der Waals surface area (Å²) in [6, 6.07) is 11.0. The summed E-state index contributed by atoms with van der Waals surface area (Å²) in [6.45, 7) is 3.84. The van der Waals surface area contributed by atoms with Gasteiger partial charge in [0.15, 0.2) is 5.78 Å². The van der Waals surface area contributed by atoms with E-state index in [2.05, 4.69) is 10.3 Å². The Labute approximate surface area is 143 Å². The second-order valence-electron chi connectivity index (χ2n) is 5.62. The molecule has 0 aliphatic carbocycles. The lowest BCUT2D eigenvalue weighted by atomic mass is 10.1. The van der Waals surface area contributed by atoms with Gasteiger partial charge < -0.3 is 11.1 Å². The molecule has 24 heavy (non-hydrogen) atoms. The Balaban J connectivity index is 1.83. The molecule has 0 unspecified atom stereocenters. The van der Waals surface area contributed by atoms with Crippen LogP contribution in [0.5, 0.6) is 0 Å². The highest BCUT2D eigenvalue weighted by atomic mass is 32.1. The quantitative estimate of drug-likeness (QED) is 0.560. The van der Waals surface area contributed by atoms with E-state index in [-0.39, 0.29) is 18.1 Å². The third kappa shape index (κ3) is 3.14. The van der Waals surface area contributed by atoms with Crippen molar-refractivity contribution in [2.45, 2.75) is 20.3 Å². The first-order valence-electron chi connectivity index (χ1n) is 7.50. The number of thiophene rings is 1. The number of nitrogen functional groups attached to an aromatic ring is 1. The van der Waals surface area contributed by atoms with Crippen LogP contribution in [0.1, 0.15) is 27.3 Å². The fourth-order valence-corrected chi connectivity index (χ4v) is 3.78. The number of carbonyl (C=O) groups excluding carboxylic acids is 2. The molecule has 3 rings (SSSR count). The molecule has 0 aliphatic rings. The number of fused-ring (bicyclic) bond motifs is 1. The van der Waals surface area contributed by atoms with Crippen LogP contribution in [0, 0.1) is 13.8 Å². The van der Waals surface area contributed by atoms with Crippen molar-refractivity contribution >= 4 is 44.6 Å². The van der Waals surface area contributed by atoms with E-state index < -0.39 is 0 Å². The number of anilines is 2. The lowest BCUT2D eigenvalue weighted by Gasteiger charge is -2.04. The number of nitrogens with zero attached hydrogens (tertiary/aromatic N) is 1. The molecule has 1 aromatic carbocycles. The van der Waals surface area contributed by atoms with Gasteiger partial charge >= 0.3 is 0 Å². The first-order chi connectivity index (χ1) is 11.5. The molecule has 0 saturated carbocycles. The summed E-state index contributed by atoms with van der Waals surface area (Å²) in [7, 11) is 0. The maximum atomic E-state index is 12.5. The topological polar surface area (TPSA) is 85.1 Å². The summed E-state index contributed by atoms with van der Waals surface area (Å²) >= 11 is 1.24. The number of benzene rings is 1. The van der Waals surface area contributed by atoms with E-state index >= 15 is 0 Å². The number of hydrogen-bond donors (Lipinski definition) is 2. The molecule has 3 N–H and O–H groups in total. The van der Waals surface area contributed by atoms with Crippen LogP contribution in [0.2, 0.25) is 0 Å². The van der Waals surface area contributed by atoms with Crippen LogP contribution in [0.25, 0.3) is 10.2 Å². The third-order valence-electron chi connectivity index (χ3n) is 3.66. The van der Waals surface area contributed by atoms with E-state index in [4.69, 9.17) is 5.73 Å². The number of amides is 1. The molecular weight excluding hydrogens is 322 g/mol. The molecule has 6 heteroatoms. The number of ketones is 1. The largest absolute Gasteiger partial charge is 0.397 e. The summed E-state index contributed by atoms with van der Waals surface area (Å²) in [5.74, 6) is -0.648. The van der Waals surface area contributed by atoms with Crippen LogP contribution < -0.4 is 11.1 Å². The number of para-hydroxylation sites is 1. The molecule has 0 spiro atoms. The Morgan fingerprint density at radius 3 is 2.62 bits per heavy atom. The third-order valence-corrected chi connectivity index (χ3v) is 4.80. The Morgan fingerprint density at radius 2 is 1.92 bits per heavy atom. The van der Waals surface area contributed by atoms with Crippen molar-refractivity contribution in [1.29, 1.82) is 0 Å². The first kappa shape index (κ1) is 16.1. The van der Waals surface area contributed by atoms with Gasteiger partial charge in [0, 0.05) is 16.8 Å². The predicted molar refractivity (Wildman–Crippen MR) is 97.5 cm³/mol. The number of pyridine rings is 1. The monoisotopic (exact) mass is 339 g/mol. The Bertz CT molecular complexity index is 932. The summed E-state index contributed by atoms with van der Waals surface area (Å²) < 4.78 is 0. The van der Waals surface area contributed by atoms with E-state index in [0.29, 0.717) is 16.3 Å². The van der Waals surface area contributed by atoms with Gasteiger partial charge in [-0.15, -0.1) is 11.3 Å². The maximum Gasteiger partial charge on any atom is 0.232 e. The molecule has 0 saturated heterocycles. The van der Waals surface area contributed by atoms with Gasteiger partial charge in [-0.3, -0.25) is 9.59 Å². The van der Waals surface area contributed by atoms with Crippen LogP contribution in [-0.2, 0) is 4.79 Å².